The van der Waals surface area contributed by atoms with Crippen molar-refractivity contribution >= 4 is 5.91 Å². The lowest BCUT2D eigenvalue weighted by molar-refractivity contribution is -0.124. The molecule has 0 aromatic heterocycles. The molecule has 0 aromatic rings. The fourth-order valence-corrected chi connectivity index (χ4v) is 1.77. The molecule has 4 nitrogen and oxygen atoms in total. The van der Waals surface area contributed by atoms with Gasteiger partial charge in [0.25, 0.3) is 0 Å². The van der Waals surface area contributed by atoms with Gasteiger partial charge >= 0.3 is 0 Å². The van der Waals surface area contributed by atoms with Crippen LogP contribution in [0.2, 0.25) is 0 Å². The third kappa shape index (κ3) is 4.58. The van der Waals surface area contributed by atoms with E-state index in [1.807, 2.05) is 0 Å². The summed E-state index contributed by atoms with van der Waals surface area (Å²) in [5, 5.41) is 6.20. The zero-order valence-corrected chi connectivity index (χ0v) is 8.84. The van der Waals surface area contributed by atoms with E-state index in [1.54, 1.807) is 0 Å². The van der Waals surface area contributed by atoms with E-state index >= 15 is 0 Å². The molecule has 0 unspecified atom stereocenters. The highest BCUT2D eigenvalue weighted by atomic mass is 16.5. The fraction of sp³-hybridized carbons (Fsp3) is 0.900. The molecule has 1 aliphatic rings. The summed E-state index contributed by atoms with van der Waals surface area (Å²) < 4.78 is 4.72. The number of carbonyl (C=O) groups is 1. The summed E-state index contributed by atoms with van der Waals surface area (Å²) in [6.07, 6.45) is 3.62. The second-order valence-electron chi connectivity index (χ2n) is 3.78. The summed E-state index contributed by atoms with van der Waals surface area (Å²) in [7, 11) is 1.53. The Labute approximate surface area is 85.4 Å². The summed E-state index contributed by atoms with van der Waals surface area (Å²) in [5.41, 5.74) is 0. The standard InChI is InChI=1S/C10H20N2O2/c1-14-8-10(13)12-6-4-9-3-2-5-11-7-9/h9,11H,2-8H2,1H3,(H,12,13)/t9-/m1/s1. The van der Waals surface area contributed by atoms with Crippen molar-refractivity contribution in [1.82, 2.24) is 10.6 Å². The highest BCUT2D eigenvalue weighted by molar-refractivity contribution is 5.77. The lowest BCUT2D eigenvalue weighted by atomic mass is 9.96. The molecule has 0 radical (unpaired) electrons. The molecule has 82 valence electrons. The van der Waals surface area contributed by atoms with Crippen LogP contribution in [0.15, 0.2) is 0 Å². The predicted molar refractivity (Wildman–Crippen MR) is 55.1 cm³/mol. The number of amides is 1. The second kappa shape index (κ2) is 6.79. The first-order chi connectivity index (χ1) is 6.83. The first-order valence-electron chi connectivity index (χ1n) is 5.29. The topological polar surface area (TPSA) is 50.4 Å². The molecule has 0 saturated carbocycles. The van der Waals surface area contributed by atoms with Gasteiger partial charge in [0.2, 0.25) is 5.91 Å². The smallest absolute Gasteiger partial charge is 0.245 e. The quantitative estimate of drug-likeness (QED) is 0.663. The SMILES string of the molecule is COCC(=O)NCC[C@H]1CCCNC1. The number of ether oxygens (including phenoxy) is 1. The minimum absolute atomic E-state index is 0.0173. The molecule has 0 aromatic carbocycles. The first-order valence-corrected chi connectivity index (χ1v) is 5.29. The zero-order chi connectivity index (χ0) is 10.2. The van der Waals surface area contributed by atoms with Gasteiger partial charge in [-0.05, 0) is 38.3 Å². The molecule has 4 heteroatoms. The average Bonchev–Trinajstić information content (AvgIpc) is 2.20. The van der Waals surface area contributed by atoms with E-state index in [9.17, 15) is 4.79 Å². The van der Waals surface area contributed by atoms with Crippen LogP contribution in [-0.4, -0.2) is 39.3 Å². The number of piperidine rings is 1. The van der Waals surface area contributed by atoms with Gasteiger partial charge in [0.05, 0.1) is 0 Å². The summed E-state index contributed by atoms with van der Waals surface area (Å²) in [4.78, 5) is 11.0. The Kier molecular flexibility index (Phi) is 5.56. The third-order valence-corrected chi connectivity index (χ3v) is 2.55. The molecule has 14 heavy (non-hydrogen) atoms. The van der Waals surface area contributed by atoms with Crippen molar-refractivity contribution < 1.29 is 9.53 Å². The number of hydrogen-bond acceptors (Lipinski definition) is 3. The highest BCUT2D eigenvalue weighted by Crippen LogP contribution is 2.12. The molecule has 0 spiro atoms. The molecule has 2 N–H and O–H groups in total. The normalized spacial score (nSPS) is 21.9. The van der Waals surface area contributed by atoms with Crippen LogP contribution >= 0.6 is 0 Å². The Morgan fingerprint density at radius 3 is 3.14 bits per heavy atom. The van der Waals surface area contributed by atoms with Crippen LogP contribution in [0.3, 0.4) is 0 Å². The van der Waals surface area contributed by atoms with E-state index in [-0.39, 0.29) is 12.5 Å². The number of nitrogens with one attached hydrogen (secondary N) is 2. The average molecular weight is 200 g/mol. The predicted octanol–water partition coefficient (Wildman–Crippen LogP) is 0.139. The molecule has 1 rings (SSSR count). The molecular formula is C10H20N2O2. The van der Waals surface area contributed by atoms with Crippen LogP contribution in [0.25, 0.3) is 0 Å². The minimum atomic E-state index is -0.0173. The van der Waals surface area contributed by atoms with Gasteiger partial charge < -0.3 is 15.4 Å². The minimum Gasteiger partial charge on any atom is -0.375 e. The van der Waals surface area contributed by atoms with Crippen molar-refractivity contribution in [2.24, 2.45) is 5.92 Å². The maximum absolute atomic E-state index is 11.0. The lowest BCUT2D eigenvalue weighted by Crippen LogP contribution is -2.34. The van der Waals surface area contributed by atoms with E-state index in [4.69, 9.17) is 4.74 Å². The van der Waals surface area contributed by atoms with Gasteiger partial charge in [-0.1, -0.05) is 0 Å². The number of methoxy groups -OCH3 is 1. The number of carbonyl (C=O) groups excluding carboxylic acids is 1. The Morgan fingerprint density at radius 2 is 2.50 bits per heavy atom. The van der Waals surface area contributed by atoms with Crippen LogP contribution in [-0.2, 0) is 9.53 Å². The van der Waals surface area contributed by atoms with Crippen LogP contribution < -0.4 is 10.6 Å². The molecule has 1 aliphatic heterocycles. The van der Waals surface area contributed by atoms with Gasteiger partial charge in [0, 0.05) is 13.7 Å². The third-order valence-electron chi connectivity index (χ3n) is 2.55. The van der Waals surface area contributed by atoms with E-state index in [0.717, 1.165) is 32.0 Å². The molecule has 1 heterocycles. The van der Waals surface area contributed by atoms with Gasteiger partial charge in [-0.3, -0.25) is 4.79 Å². The molecule has 1 amide bonds. The molecule has 1 atom stereocenters. The summed E-state index contributed by atoms with van der Waals surface area (Å²) in [6.45, 7) is 3.18. The molecule has 0 aliphatic carbocycles. The molecule has 1 saturated heterocycles. The van der Waals surface area contributed by atoms with Crippen molar-refractivity contribution in [3.63, 3.8) is 0 Å². The van der Waals surface area contributed by atoms with Gasteiger partial charge in [-0.25, -0.2) is 0 Å². The molecular weight excluding hydrogens is 180 g/mol. The van der Waals surface area contributed by atoms with Crippen molar-refractivity contribution in [3.8, 4) is 0 Å². The Bertz CT molecular complexity index is 168. The maximum Gasteiger partial charge on any atom is 0.245 e. The van der Waals surface area contributed by atoms with Crippen LogP contribution in [0.1, 0.15) is 19.3 Å². The summed E-state index contributed by atoms with van der Waals surface area (Å²) in [6, 6.07) is 0. The fourth-order valence-electron chi connectivity index (χ4n) is 1.77. The van der Waals surface area contributed by atoms with Crippen molar-refractivity contribution in [2.75, 3.05) is 33.4 Å². The Morgan fingerprint density at radius 1 is 1.64 bits per heavy atom. The highest BCUT2D eigenvalue weighted by Gasteiger charge is 2.12. The van der Waals surface area contributed by atoms with Crippen LogP contribution in [0.4, 0.5) is 0 Å². The van der Waals surface area contributed by atoms with Gasteiger partial charge in [-0.15, -0.1) is 0 Å². The van der Waals surface area contributed by atoms with E-state index in [0.29, 0.717) is 0 Å². The van der Waals surface area contributed by atoms with Gasteiger partial charge in [0.1, 0.15) is 6.61 Å². The van der Waals surface area contributed by atoms with Gasteiger partial charge in [-0.2, -0.15) is 0 Å². The summed E-state index contributed by atoms with van der Waals surface area (Å²) in [5.74, 6) is 0.711. The maximum atomic E-state index is 11.0. The van der Waals surface area contributed by atoms with Crippen LogP contribution in [0.5, 0.6) is 0 Å². The number of rotatable bonds is 5. The van der Waals surface area contributed by atoms with Crippen LogP contribution in [0, 0.1) is 5.92 Å². The Hall–Kier alpha value is -0.610. The van der Waals surface area contributed by atoms with Gasteiger partial charge in [0.15, 0.2) is 0 Å². The monoisotopic (exact) mass is 200 g/mol. The van der Waals surface area contributed by atoms with Crippen molar-refractivity contribution in [1.29, 1.82) is 0 Å². The first kappa shape index (κ1) is 11.5. The zero-order valence-electron chi connectivity index (χ0n) is 8.84. The van der Waals surface area contributed by atoms with E-state index in [1.165, 1.54) is 20.0 Å². The number of hydrogen-bond donors (Lipinski definition) is 2. The summed E-state index contributed by atoms with van der Waals surface area (Å²) >= 11 is 0. The Balaban J connectivity index is 1.99. The van der Waals surface area contributed by atoms with Crippen molar-refractivity contribution in [2.45, 2.75) is 19.3 Å². The molecule has 1 fully saturated rings. The largest absolute Gasteiger partial charge is 0.375 e. The van der Waals surface area contributed by atoms with E-state index in [2.05, 4.69) is 10.6 Å². The lowest BCUT2D eigenvalue weighted by Gasteiger charge is -2.22. The van der Waals surface area contributed by atoms with E-state index < -0.39 is 0 Å². The second-order valence-corrected chi connectivity index (χ2v) is 3.78. The van der Waals surface area contributed by atoms with Crippen molar-refractivity contribution in [3.05, 3.63) is 0 Å². The molecule has 0 bridgehead atoms.